The van der Waals surface area contributed by atoms with Crippen LogP contribution in [0.15, 0.2) is 54.6 Å². The number of nitrogens with zero attached hydrogens (tertiary/aromatic N) is 1. The average molecular weight is 373 g/mol. The van der Waals surface area contributed by atoms with E-state index in [9.17, 15) is 9.90 Å². The van der Waals surface area contributed by atoms with Crippen molar-refractivity contribution >= 4 is 17.5 Å². The number of hydrogen-bond donors (Lipinski definition) is 2. The molecule has 0 saturated carbocycles. The maximum absolute atomic E-state index is 12.2. The normalized spacial score (nSPS) is 17.0. The molecule has 1 unspecified atom stereocenters. The maximum Gasteiger partial charge on any atom is 0.234 e. The third-order valence-corrected chi connectivity index (χ3v) is 5.20. The van der Waals surface area contributed by atoms with Crippen LogP contribution < -0.4 is 5.32 Å². The Balaban J connectivity index is 1.41. The summed E-state index contributed by atoms with van der Waals surface area (Å²) in [7, 11) is 0. The fraction of sp³-hybridized carbons (Fsp3) is 0.381. The Morgan fingerprint density at radius 3 is 2.58 bits per heavy atom. The van der Waals surface area contributed by atoms with Gasteiger partial charge in [0, 0.05) is 11.6 Å². The Labute approximate surface area is 159 Å². The second kappa shape index (κ2) is 9.17. The van der Waals surface area contributed by atoms with Crippen LogP contribution in [-0.4, -0.2) is 35.5 Å². The molecule has 0 spiro atoms. The van der Waals surface area contributed by atoms with Crippen LogP contribution in [0.4, 0.5) is 0 Å². The number of rotatable bonds is 6. The molecule has 1 saturated heterocycles. The third kappa shape index (κ3) is 5.31. The number of carbonyl (C=O) groups excluding carboxylic acids is 1. The van der Waals surface area contributed by atoms with Crippen molar-refractivity contribution in [3.05, 3.63) is 70.7 Å². The number of amides is 1. The highest BCUT2D eigenvalue weighted by atomic mass is 35.5. The van der Waals surface area contributed by atoms with E-state index in [1.807, 2.05) is 54.6 Å². The van der Waals surface area contributed by atoms with Crippen LogP contribution in [0.2, 0.25) is 5.02 Å². The van der Waals surface area contributed by atoms with Gasteiger partial charge in [-0.3, -0.25) is 9.69 Å². The number of halogens is 1. The summed E-state index contributed by atoms with van der Waals surface area (Å²) < 4.78 is 0. The van der Waals surface area contributed by atoms with Gasteiger partial charge in [-0.25, -0.2) is 0 Å². The van der Waals surface area contributed by atoms with Crippen LogP contribution in [0.1, 0.15) is 30.1 Å². The molecule has 26 heavy (non-hydrogen) atoms. The first kappa shape index (κ1) is 18.9. The van der Waals surface area contributed by atoms with Crippen molar-refractivity contribution in [1.29, 1.82) is 0 Å². The van der Waals surface area contributed by atoms with Crippen LogP contribution >= 0.6 is 11.6 Å². The Kier molecular flexibility index (Phi) is 6.67. The van der Waals surface area contributed by atoms with E-state index in [1.165, 1.54) is 0 Å². The highest BCUT2D eigenvalue weighted by Crippen LogP contribution is 2.30. The summed E-state index contributed by atoms with van der Waals surface area (Å²) in [4.78, 5) is 14.3. The van der Waals surface area contributed by atoms with Crippen molar-refractivity contribution in [2.24, 2.45) is 5.92 Å². The van der Waals surface area contributed by atoms with Gasteiger partial charge in [-0.05, 0) is 55.1 Å². The summed E-state index contributed by atoms with van der Waals surface area (Å²) in [6, 6.07) is 17.3. The first-order chi connectivity index (χ1) is 12.6. The molecule has 1 atom stereocenters. The van der Waals surface area contributed by atoms with Crippen molar-refractivity contribution in [3.63, 3.8) is 0 Å². The highest BCUT2D eigenvalue weighted by molar-refractivity contribution is 6.30. The topological polar surface area (TPSA) is 52.6 Å². The summed E-state index contributed by atoms with van der Waals surface area (Å²) in [6.45, 7) is 2.55. The van der Waals surface area contributed by atoms with Gasteiger partial charge in [0.2, 0.25) is 5.91 Å². The molecule has 0 radical (unpaired) electrons. The molecule has 0 aromatic heterocycles. The molecular weight excluding hydrogens is 348 g/mol. The molecular formula is C21H25ClN2O2. The van der Waals surface area contributed by atoms with E-state index in [-0.39, 0.29) is 11.8 Å². The van der Waals surface area contributed by atoms with Crippen molar-refractivity contribution in [2.75, 3.05) is 19.6 Å². The summed E-state index contributed by atoms with van der Waals surface area (Å²) in [5, 5.41) is 14.2. The second-order valence-corrected chi connectivity index (χ2v) is 7.31. The molecule has 1 aliphatic heterocycles. The molecule has 1 fully saturated rings. The molecule has 1 amide bonds. The third-order valence-electron chi connectivity index (χ3n) is 4.97. The Morgan fingerprint density at radius 2 is 1.88 bits per heavy atom. The minimum atomic E-state index is -0.421. The predicted molar refractivity (Wildman–Crippen MR) is 104 cm³/mol. The Hall–Kier alpha value is -1.88. The zero-order valence-corrected chi connectivity index (χ0v) is 15.5. The van der Waals surface area contributed by atoms with Gasteiger partial charge in [-0.15, -0.1) is 0 Å². The molecule has 0 bridgehead atoms. The van der Waals surface area contributed by atoms with Crippen molar-refractivity contribution < 1.29 is 9.90 Å². The molecule has 1 aliphatic rings. The fourth-order valence-electron chi connectivity index (χ4n) is 3.46. The number of benzene rings is 2. The van der Waals surface area contributed by atoms with Crippen LogP contribution in [0, 0.1) is 5.92 Å². The molecule has 3 rings (SSSR count). The smallest absolute Gasteiger partial charge is 0.234 e. The van der Waals surface area contributed by atoms with E-state index >= 15 is 0 Å². The van der Waals surface area contributed by atoms with Gasteiger partial charge in [0.05, 0.1) is 12.6 Å². The lowest BCUT2D eigenvalue weighted by Gasteiger charge is -2.34. The minimum absolute atomic E-state index is 0.0204. The monoisotopic (exact) mass is 372 g/mol. The minimum Gasteiger partial charge on any atom is -0.388 e. The number of piperidine rings is 1. The van der Waals surface area contributed by atoms with Crippen LogP contribution in [0.5, 0.6) is 0 Å². The Morgan fingerprint density at radius 1 is 1.15 bits per heavy atom. The SMILES string of the molecule is O=C(CN1CCC(C(O)c2ccccc2)CC1)NCc1cccc(Cl)c1. The lowest BCUT2D eigenvalue weighted by atomic mass is 9.87. The standard InChI is InChI=1S/C21H25ClN2O2/c22-19-8-4-5-16(13-19)14-23-20(25)15-24-11-9-18(10-12-24)21(26)17-6-2-1-3-7-17/h1-8,13,18,21,26H,9-12,14-15H2,(H,23,25). The number of likely N-dealkylation sites (tertiary alicyclic amines) is 1. The Bertz CT molecular complexity index is 715. The molecule has 138 valence electrons. The first-order valence-corrected chi connectivity index (χ1v) is 9.46. The molecule has 2 aromatic rings. The van der Waals surface area contributed by atoms with E-state index in [2.05, 4.69) is 10.2 Å². The maximum atomic E-state index is 12.2. The summed E-state index contributed by atoms with van der Waals surface area (Å²) in [6.07, 6.45) is 1.38. The molecule has 4 nitrogen and oxygen atoms in total. The number of hydrogen-bond acceptors (Lipinski definition) is 3. The van der Waals surface area contributed by atoms with Gasteiger partial charge in [0.25, 0.3) is 0 Å². The highest BCUT2D eigenvalue weighted by Gasteiger charge is 2.26. The van der Waals surface area contributed by atoms with Gasteiger partial charge in [0.1, 0.15) is 0 Å². The quantitative estimate of drug-likeness (QED) is 0.817. The summed E-state index contributed by atoms with van der Waals surface area (Å²) >= 11 is 5.96. The lowest BCUT2D eigenvalue weighted by Crippen LogP contribution is -2.42. The van der Waals surface area contributed by atoms with Gasteiger partial charge in [-0.2, -0.15) is 0 Å². The van der Waals surface area contributed by atoms with Gasteiger partial charge in [0.15, 0.2) is 0 Å². The molecule has 5 heteroatoms. The molecule has 2 aromatic carbocycles. The largest absolute Gasteiger partial charge is 0.388 e. The van der Waals surface area contributed by atoms with Crippen molar-refractivity contribution in [1.82, 2.24) is 10.2 Å². The molecule has 2 N–H and O–H groups in total. The number of aliphatic hydroxyl groups is 1. The first-order valence-electron chi connectivity index (χ1n) is 9.08. The lowest BCUT2D eigenvalue weighted by molar-refractivity contribution is -0.122. The number of carbonyl (C=O) groups is 1. The average Bonchev–Trinajstić information content (AvgIpc) is 2.67. The fourth-order valence-corrected chi connectivity index (χ4v) is 3.67. The van der Waals surface area contributed by atoms with E-state index in [4.69, 9.17) is 11.6 Å². The van der Waals surface area contributed by atoms with Crippen LogP contribution in [0.25, 0.3) is 0 Å². The summed E-state index contributed by atoms with van der Waals surface area (Å²) in [5.41, 5.74) is 1.97. The van der Waals surface area contributed by atoms with E-state index < -0.39 is 6.10 Å². The van der Waals surface area contributed by atoms with Gasteiger partial charge < -0.3 is 10.4 Å². The van der Waals surface area contributed by atoms with Crippen LogP contribution in [0.3, 0.4) is 0 Å². The second-order valence-electron chi connectivity index (χ2n) is 6.88. The van der Waals surface area contributed by atoms with Crippen LogP contribution in [-0.2, 0) is 11.3 Å². The van der Waals surface area contributed by atoms with Gasteiger partial charge >= 0.3 is 0 Å². The molecule has 1 heterocycles. The number of aliphatic hydroxyl groups excluding tert-OH is 1. The van der Waals surface area contributed by atoms with E-state index in [0.29, 0.717) is 18.1 Å². The van der Waals surface area contributed by atoms with Crippen molar-refractivity contribution in [3.8, 4) is 0 Å². The van der Waals surface area contributed by atoms with E-state index in [0.717, 1.165) is 37.1 Å². The summed E-state index contributed by atoms with van der Waals surface area (Å²) in [5.74, 6) is 0.273. The zero-order chi connectivity index (χ0) is 18.4. The van der Waals surface area contributed by atoms with E-state index in [1.54, 1.807) is 0 Å². The number of nitrogens with one attached hydrogen (secondary N) is 1. The zero-order valence-electron chi connectivity index (χ0n) is 14.8. The van der Waals surface area contributed by atoms with Crippen molar-refractivity contribution in [2.45, 2.75) is 25.5 Å². The molecule has 0 aliphatic carbocycles. The predicted octanol–water partition coefficient (Wildman–Crippen LogP) is 3.40. The van der Waals surface area contributed by atoms with Gasteiger partial charge in [-0.1, -0.05) is 54.1 Å².